The molecule has 1 heterocycles. The molecule has 1 N–H and O–H groups in total. The highest BCUT2D eigenvalue weighted by atomic mass is 79.9. The summed E-state index contributed by atoms with van der Waals surface area (Å²) in [7, 11) is 0. The van der Waals surface area contributed by atoms with E-state index in [-0.39, 0.29) is 12.3 Å². The van der Waals surface area contributed by atoms with Crippen molar-refractivity contribution < 1.29 is 9.21 Å². The zero-order valence-electron chi connectivity index (χ0n) is 13.6. The molecule has 1 aromatic heterocycles. The first-order valence-electron chi connectivity index (χ1n) is 7.92. The van der Waals surface area contributed by atoms with Crippen molar-refractivity contribution in [2.24, 2.45) is 0 Å². The lowest BCUT2D eigenvalue weighted by Gasteiger charge is -2.06. The second kappa shape index (κ2) is 8.71. The fraction of sp³-hybridized carbons (Fsp3) is 0.158. The normalized spacial score (nSPS) is 10.7. The molecule has 0 saturated heterocycles. The molecular weight excluding hydrogens is 439 g/mol. The first-order chi connectivity index (χ1) is 12.5. The van der Waals surface area contributed by atoms with Crippen molar-refractivity contribution in [3.05, 3.63) is 74.6 Å². The number of hydrogen-bond acceptors (Lipinski definition) is 3. The van der Waals surface area contributed by atoms with Gasteiger partial charge in [0, 0.05) is 39.5 Å². The van der Waals surface area contributed by atoms with Crippen molar-refractivity contribution in [2.45, 2.75) is 19.4 Å². The second-order valence-electron chi connectivity index (χ2n) is 5.64. The van der Waals surface area contributed by atoms with Crippen LogP contribution in [0, 0.1) is 0 Å². The van der Waals surface area contributed by atoms with Crippen LogP contribution < -0.4 is 5.32 Å². The van der Waals surface area contributed by atoms with Crippen LogP contribution in [0.25, 0.3) is 11.3 Å². The molecule has 0 aliphatic carbocycles. The lowest BCUT2D eigenvalue weighted by Crippen LogP contribution is -2.23. The fourth-order valence-electron chi connectivity index (χ4n) is 2.37. The van der Waals surface area contributed by atoms with E-state index in [1.54, 1.807) is 24.4 Å². The Labute approximate surface area is 169 Å². The maximum absolute atomic E-state index is 12.0. The number of carbonyl (C=O) groups excluding carboxylic acids is 1. The summed E-state index contributed by atoms with van der Waals surface area (Å²) in [5.41, 5.74) is 1.75. The molecule has 0 spiro atoms. The zero-order valence-corrected chi connectivity index (χ0v) is 16.7. The van der Waals surface area contributed by atoms with Crippen molar-refractivity contribution in [3.63, 3.8) is 0 Å². The number of aromatic nitrogens is 1. The van der Waals surface area contributed by atoms with Crippen LogP contribution in [-0.2, 0) is 17.8 Å². The fourth-order valence-corrected chi connectivity index (χ4v) is 3.24. The smallest absolute Gasteiger partial charge is 0.220 e. The Morgan fingerprint density at radius 1 is 1.19 bits per heavy atom. The van der Waals surface area contributed by atoms with Gasteiger partial charge >= 0.3 is 0 Å². The third-order valence-corrected chi connectivity index (χ3v) is 4.80. The van der Waals surface area contributed by atoms with Crippen LogP contribution in [0.1, 0.15) is 17.9 Å². The van der Waals surface area contributed by atoms with Crippen molar-refractivity contribution >= 4 is 45.0 Å². The number of amides is 1. The molecule has 0 aliphatic heterocycles. The van der Waals surface area contributed by atoms with E-state index in [2.05, 4.69) is 26.2 Å². The summed E-state index contributed by atoms with van der Waals surface area (Å²) in [4.78, 5) is 16.3. The Balaban J connectivity index is 1.52. The molecule has 0 radical (unpaired) electrons. The van der Waals surface area contributed by atoms with Crippen molar-refractivity contribution in [3.8, 4) is 11.3 Å². The van der Waals surface area contributed by atoms with Crippen molar-refractivity contribution in [1.29, 1.82) is 0 Å². The monoisotopic (exact) mass is 452 g/mol. The van der Waals surface area contributed by atoms with E-state index in [1.165, 1.54) is 0 Å². The third kappa shape index (κ3) is 5.10. The standard InChI is InChI=1S/C19H15BrCl2N2O2/c20-14-3-1-2-12(8-14)17-11-24-19(26-17)7-6-18(25)23-10-13-4-5-15(21)9-16(13)22/h1-5,8-9,11H,6-7,10H2,(H,23,25). The lowest BCUT2D eigenvalue weighted by atomic mass is 10.2. The van der Waals surface area contributed by atoms with E-state index >= 15 is 0 Å². The zero-order chi connectivity index (χ0) is 18.5. The number of aryl methyl sites for hydroxylation is 1. The third-order valence-electron chi connectivity index (χ3n) is 3.72. The Hall–Kier alpha value is -1.82. The van der Waals surface area contributed by atoms with E-state index in [1.807, 2.05) is 24.3 Å². The van der Waals surface area contributed by atoms with Gasteiger partial charge in [0.05, 0.1) is 6.20 Å². The number of nitrogens with one attached hydrogen (secondary N) is 1. The lowest BCUT2D eigenvalue weighted by molar-refractivity contribution is -0.121. The quantitative estimate of drug-likeness (QED) is 0.523. The molecule has 0 aliphatic rings. The molecule has 134 valence electrons. The molecule has 3 aromatic rings. The number of nitrogens with zero attached hydrogens (tertiary/aromatic N) is 1. The molecule has 0 bridgehead atoms. The number of benzene rings is 2. The summed E-state index contributed by atoms with van der Waals surface area (Å²) in [6.45, 7) is 0.351. The van der Waals surface area contributed by atoms with Gasteiger partial charge in [-0.25, -0.2) is 4.98 Å². The summed E-state index contributed by atoms with van der Waals surface area (Å²) >= 11 is 15.4. The minimum atomic E-state index is -0.0989. The minimum absolute atomic E-state index is 0.0989. The molecule has 0 fully saturated rings. The van der Waals surface area contributed by atoms with E-state index in [9.17, 15) is 4.79 Å². The van der Waals surface area contributed by atoms with Crippen LogP contribution in [-0.4, -0.2) is 10.9 Å². The highest BCUT2D eigenvalue weighted by molar-refractivity contribution is 9.10. The van der Waals surface area contributed by atoms with E-state index in [0.29, 0.717) is 34.7 Å². The van der Waals surface area contributed by atoms with Gasteiger partial charge in [-0.15, -0.1) is 0 Å². The van der Waals surface area contributed by atoms with E-state index in [4.69, 9.17) is 27.6 Å². The molecular formula is C19H15BrCl2N2O2. The highest BCUT2D eigenvalue weighted by Gasteiger charge is 2.10. The average Bonchev–Trinajstić information content (AvgIpc) is 3.08. The van der Waals surface area contributed by atoms with Crippen LogP contribution in [0.15, 0.2) is 57.6 Å². The molecule has 0 unspecified atom stereocenters. The Kier molecular flexibility index (Phi) is 6.35. The van der Waals surface area contributed by atoms with Gasteiger partial charge in [0.25, 0.3) is 0 Å². The SMILES string of the molecule is O=C(CCc1ncc(-c2cccc(Br)c2)o1)NCc1ccc(Cl)cc1Cl. The Morgan fingerprint density at radius 2 is 2.04 bits per heavy atom. The summed E-state index contributed by atoms with van der Waals surface area (Å²) in [6, 6.07) is 13.0. The maximum Gasteiger partial charge on any atom is 0.220 e. The number of rotatable bonds is 6. The predicted molar refractivity (Wildman–Crippen MR) is 106 cm³/mol. The molecule has 0 atom stereocenters. The van der Waals surface area contributed by atoms with Gasteiger partial charge in [0.2, 0.25) is 5.91 Å². The van der Waals surface area contributed by atoms with Crippen LogP contribution in [0.5, 0.6) is 0 Å². The number of hydrogen-bond donors (Lipinski definition) is 1. The van der Waals surface area contributed by atoms with Crippen LogP contribution in [0.3, 0.4) is 0 Å². The molecule has 7 heteroatoms. The van der Waals surface area contributed by atoms with Gasteiger partial charge in [-0.2, -0.15) is 0 Å². The largest absolute Gasteiger partial charge is 0.441 e. The van der Waals surface area contributed by atoms with Gasteiger partial charge < -0.3 is 9.73 Å². The van der Waals surface area contributed by atoms with Gasteiger partial charge in [0.15, 0.2) is 11.7 Å². The van der Waals surface area contributed by atoms with Gasteiger partial charge in [-0.05, 0) is 29.8 Å². The topological polar surface area (TPSA) is 55.1 Å². The van der Waals surface area contributed by atoms with E-state index < -0.39 is 0 Å². The Bertz CT molecular complexity index is 927. The van der Waals surface area contributed by atoms with Crippen LogP contribution >= 0.6 is 39.1 Å². The first kappa shape index (κ1) is 19.0. The second-order valence-corrected chi connectivity index (χ2v) is 7.40. The van der Waals surface area contributed by atoms with E-state index in [0.717, 1.165) is 15.6 Å². The van der Waals surface area contributed by atoms with Crippen molar-refractivity contribution in [2.75, 3.05) is 0 Å². The summed E-state index contributed by atoms with van der Waals surface area (Å²) in [6.07, 6.45) is 2.38. The summed E-state index contributed by atoms with van der Waals surface area (Å²) in [5.74, 6) is 1.10. The molecule has 2 aromatic carbocycles. The molecule has 3 rings (SSSR count). The van der Waals surface area contributed by atoms with Gasteiger partial charge in [-0.3, -0.25) is 4.79 Å². The number of halogens is 3. The number of carbonyl (C=O) groups is 1. The first-order valence-corrected chi connectivity index (χ1v) is 9.47. The van der Waals surface area contributed by atoms with Gasteiger partial charge in [-0.1, -0.05) is 57.3 Å². The average molecular weight is 454 g/mol. The molecule has 0 saturated carbocycles. The molecule has 1 amide bonds. The molecule has 4 nitrogen and oxygen atoms in total. The summed E-state index contributed by atoms with van der Waals surface area (Å²) in [5, 5.41) is 3.93. The molecule has 26 heavy (non-hydrogen) atoms. The highest BCUT2D eigenvalue weighted by Crippen LogP contribution is 2.24. The van der Waals surface area contributed by atoms with Gasteiger partial charge in [0.1, 0.15) is 0 Å². The summed E-state index contributed by atoms with van der Waals surface area (Å²) < 4.78 is 6.69. The van der Waals surface area contributed by atoms with Crippen LogP contribution in [0.4, 0.5) is 0 Å². The van der Waals surface area contributed by atoms with Crippen LogP contribution in [0.2, 0.25) is 10.0 Å². The minimum Gasteiger partial charge on any atom is -0.441 e. The van der Waals surface area contributed by atoms with Crippen molar-refractivity contribution in [1.82, 2.24) is 10.3 Å². The maximum atomic E-state index is 12.0. The number of oxazole rings is 1. The predicted octanol–water partition coefficient (Wildman–Crippen LogP) is 5.66. The Morgan fingerprint density at radius 3 is 2.81 bits per heavy atom.